The van der Waals surface area contributed by atoms with E-state index in [1.807, 2.05) is 30.3 Å². The Morgan fingerprint density at radius 1 is 1.35 bits per heavy atom. The number of likely N-dealkylation sites (tertiary alicyclic amines) is 1. The number of hydrogen-bond donors (Lipinski definition) is 1. The van der Waals surface area contributed by atoms with Gasteiger partial charge in [0, 0.05) is 19.6 Å². The molecule has 2 fully saturated rings. The molecule has 3 rings (SSSR count). The number of fused-ring (bicyclic) bond motifs is 2. The van der Waals surface area contributed by atoms with Crippen molar-refractivity contribution in [2.24, 2.45) is 5.92 Å². The highest BCUT2D eigenvalue weighted by molar-refractivity contribution is 5.79. The van der Waals surface area contributed by atoms with Crippen LogP contribution in [0.15, 0.2) is 30.3 Å². The van der Waals surface area contributed by atoms with Crippen LogP contribution in [0.3, 0.4) is 0 Å². The van der Waals surface area contributed by atoms with Gasteiger partial charge in [0.25, 0.3) is 0 Å². The van der Waals surface area contributed by atoms with Gasteiger partial charge in [0.2, 0.25) is 5.91 Å². The monoisotopic (exact) mass is 274 g/mol. The second kappa shape index (κ2) is 5.94. The van der Waals surface area contributed by atoms with Crippen molar-refractivity contribution in [3.63, 3.8) is 0 Å². The summed E-state index contributed by atoms with van der Waals surface area (Å²) in [6.45, 7) is 5.65. The van der Waals surface area contributed by atoms with Crippen LogP contribution in [0.25, 0.3) is 0 Å². The lowest BCUT2D eigenvalue weighted by Crippen LogP contribution is -2.45. The molecule has 4 heteroatoms. The zero-order valence-electron chi connectivity index (χ0n) is 11.9. The maximum Gasteiger partial charge on any atom is 0.226 e. The number of likely N-dealkylation sites (N-methyl/N-ethyl adjacent to an activating group) is 1. The Morgan fingerprint density at radius 2 is 2.15 bits per heavy atom. The van der Waals surface area contributed by atoms with Crippen LogP contribution in [-0.2, 0) is 16.1 Å². The van der Waals surface area contributed by atoms with E-state index >= 15 is 0 Å². The van der Waals surface area contributed by atoms with Crippen molar-refractivity contribution in [3.05, 3.63) is 35.9 Å². The Morgan fingerprint density at radius 3 is 2.90 bits per heavy atom. The third-order valence-corrected chi connectivity index (χ3v) is 4.33. The SMILES string of the molecule is CCN1C[C@H]2C[C@H](C(=O)NCc3ccccc3)[C@@H](C1)O2. The summed E-state index contributed by atoms with van der Waals surface area (Å²) in [6, 6.07) is 10.0. The Bertz CT molecular complexity index is 463. The fraction of sp³-hybridized carbons (Fsp3) is 0.562. The molecular weight excluding hydrogens is 252 g/mol. The second-order valence-corrected chi connectivity index (χ2v) is 5.69. The molecule has 2 saturated heterocycles. The molecule has 0 aliphatic carbocycles. The molecule has 1 N–H and O–H groups in total. The minimum Gasteiger partial charge on any atom is -0.371 e. The molecule has 1 aromatic rings. The Labute approximate surface area is 120 Å². The highest BCUT2D eigenvalue weighted by atomic mass is 16.5. The fourth-order valence-electron chi connectivity index (χ4n) is 3.19. The normalized spacial score (nSPS) is 29.4. The predicted octanol–water partition coefficient (Wildman–Crippen LogP) is 1.41. The van der Waals surface area contributed by atoms with E-state index in [9.17, 15) is 4.79 Å². The lowest BCUT2D eigenvalue weighted by molar-refractivity contribution is -0.128. The minimum atomic E-state index is 0.0141. The maximum absolute atomic E-state index is 12.3. The molecule has 1 aromatic carbocycles. The molecule has 0 saturated carbocycles. The zero-order valence-corrected chi connectivity index (χ0v) is 11.9. The van der Waals surface area contributed by atoms with E-state index in [2.05, 4.69) is 17.1 Å². The summed E-state index contributed by atoms with van der Waals surface area (Å²) in [7, 11) is 0. The second-order valence-electron chi connectivity index (χ2n) is 5.69. The van der Waals surface area contributed by atoms with E-state index in [1.54, 1.807) is 0 Å². The predicted molar refractivity (Wildman–Crippen MR) is 77.2 cm³/mol. The summed E-state index contributed by atoms with van der Waals surface area (Å²) in [5.74, 6) is 0.152. The van der Waals surface area contributed by atoms with Gasteiger partial charge in [-0.2, -0.15) is 0 Å². The number of ether oxygens (including phenoxy) is 1. The molecule has 108 valence electrons. The first-order valence-electron chi connectivity index (χ1n) is 7.45. The van der Waals surface area contributed by atoms with E-state index in [1.165, 1.54) is 0 Å². The van der Waals surface area contributed by atoms with Gasteiger partial charge in [0.1, 0.15) is 0 Å². The zero-order chi connectivity index (χ0) is 13.9. The quantitative estimate of drug-likeness (QED) is 0.902. The van der Waals surface area contributed by atoms with Gasteiger partial charge in [0.05, 0.1) is 18.1 Å². The fourth-order valence-corrected chi connectivity index (χ4v) is 3.19. The van der Waals surface area contributed by atoms with Crippen molar-refractivity contribution in [3.8, 4) is 0 Å². The van der Waals surface area contributed by atoms with Crippen molar-refractivity contribution < 1.29 is 9.53 Å². The number of morpholine rings is 1. The molecule has 0 spiro atoms. The first-order chi connectivity index (χ1) is 9.76. The number of carbonyl (C=O) groups excluding carboxylic acids is 1. The number of hydrogen-bond acceptors (Lipinski definition) is 3. The van der Waals surface area contributed by atoms with Crippen LogP contribution in [0, 0.1) is 5.92 Å². The smallest absolute Gasteiger partial charge is 0.226 e. The topological polar surface area (TPSA) is 41.6 Å². The molecule has 0 aromatic heterocycles. The van der Waals surface area contributed by atoms with Crippen LogP contribution in [-0.4, -0.2) is 42.6 Å². The molecule has 20 heavy (non-hydrogen) atoms. The summed E-state index contributed by atoms with van der Waals surface area (Å²) < 4.78 is 5.91. The van der Waals surface area contributed by atoms with Gasteiger partial charge >= 0.3 is 0 Å². The Kier molecular flexibility index (Phi) is 4.03. The van der Waals surface area contributed by atoms with Crippen molar-refractivity contribution in [1.82, 2.24) is 10.2 Å². The van der Waals surface area contributed by atoms with E-state index in [-0.39, 0.29) is 24.0 Å². The van der Waals surface area contributed by atoms with Gasteiger partial charge in [-0.1, -0.05) is 37.3 Å². The summed E-state index contributed by atoms with van der Waals surface area (Å²) in [4.78, 5) is 14.7. The molecule has 0 radical (unpaired) electrons. The van der Waals surface area contributed by atoms with Gasteiger partial charge in [-0.05, 0) is 18.5 Å². The standard InChI is InChI=1S/C16H22N2O2/c1-2-18-10-13-8-14(15(11-18)20-13)16(19)17-9-12-6-4-3-5-7-12/h3-7,13-15H,2,8-11H2,1H3,(H,17,19)/t13-,14+,15-/m1/s1. The highest BCUT2D eigenvalue weighted by Gasteiger charge is 2.44. The van der Waals surface area contributed by atoms with Gasteiger partial charge in [-0.3, -0.25) is 9.69 Å². The minimum absolute atomic E-state index is 0.0141. The lowest BCUT2D eigenvalue weighted by Gasteiger charge is -2.31. The highest BCUT2D eigenvalue weighted by Crippen LogP contribution is 2.31. The molecule has 0 unspecified atom stereocenters. The summed E-state index contributed by atoms with van der Waals surface area (Å²) in [5.41, 5.74) is 1.14. The van der Waals surface area contributed by atoms with Crippen LogP contribution in [0.2, 0.25) is 0 Å². The molecular formula is C16H22N2O2. The van der Waals surface area contributed by atoms with Gasteiger partial charge in [-0.15, -0.1) is 0 Å². The van der Waals surface area contributed by atoms with E-state index < -0.39 is 0 Å². The van der Waals surface area contributed by atoms with Crippen molar-refractivity contribution in [1.29, 1.82) is 0 Å². The van der Waals surface area contributed by atoms with Gasteiger partial charge < -0.3 is 10.1 Å². The first kappa shape index (κ1) is 13.6. The Hall–Kier alpha value is -1.39. The molecule has 2 aliphatic heterocycles. The lowest BCUT2D eigenvalue weighted by atomic mass is 9.99. The number of carbonyl (C=O) groups is 1. The molecule has 2 aliphatic rings. The Balaban J connectivity index is 1.56. The maximum atomic E-state index is 12.3. The molecule has 2 bridgehead atoms. The summed E-state index contributed by atoms with van der Waals surface area (Å²) in [6.07, 6.45) is 1.17. The van der Waals surface area contributed by atoms with E-state index in [4.69, 9.17) is 4.74 Å². The van der Waals surface area contributed by atoms with Crippen LogP contribution >= 0.6 is 0 Å². The summed E-state index contributed by atoms with van der Waals surface area (Å²) >= 11 is 0. The molecule has 3 atom stereocenters. The third-order valence-electron chi connectivity index (χ3n) is 4.33. The number of rotatable bonds is 4. The van der Waals surface area contributed by atoms with Crippen molar-refractivity contribution >= 4 is 5.91 Å². The van der Waals surface area contributed by atoms with Gasteiger partial charge in [-0.25, -0.2) is 0 Å². The average molecular weight is 274 g/mol. The number of amides is 1. The first-order valence-corrected chi connectivity index (χ1v) is 7.45. The number of nitrogens with one attached hydrogen (secondary N) is 1. The largest absolute Gasteiger partial charge is 0.371 e. The van der Waals surface area contributed by atoms with E-state index in [0.717, 1.165) is 31.6 Å². The van der Waals surface area contributed by atoms with Crippen LogP contribution in [0.1, 0.15) is 18.9 Å². The third kappa shape index (κ3) is 2.86. The summed E-state index contributed by atoms with van der Waals surface area (Å²) in [5, 5.41) is 3.05. The number of benzene rings is 1. The molecule has 2 heterocycles. The van der Waals surface area contributed by atoms with Crippen LogP contribution in [0.4, 0.5) is 0 Å². The average Bonchev–Trinajstić information content (AvgIpc) is 2.80. The van der Waals surface area contributed by atoms with Crippen molar-refractivity contribution in [2.75, 3.05) is 19.6 Å². The molecule has 1 amide bonds. The number of nitrogens with zero attached hydrogens (tertiary/aromatic N) is 1. The van der Waals surface area contributed by atoms with Crippen LogP contribution < -0.4 is 5.32 Å². The van der Waals surface area contributed by atoms with E-state index in [0.29, 0.717) is 6.54 Å². The van der Waals surface area contributed by atoms with Gasteiger partial charge in [0.15, 0.2) is 0 Å². The van der Waals surface area contributed by atoms with Crippen molar-refractivity contribution in [2.45, 2.75) is 32.1 Å². The van der Waals surface area contributed by atoms with Crippen LogP contribution in [0.5, 0.6) is 0 Å². The molecule has 4 nitrogen and oxygen atoms in total.